The van der Waals surface area contributed by atoms with Crippen molar-refractivity contribution in [3.8, 4) is 11.5 Å². The van der Waals surface area contributed by atoms with E-state index in [4.69, 9.17) is 9.47 Å². The van der Waals surface area contributed by atoms with Crippen molar-refractivity contribution in [2.75, 3.05) is 7.11 Å². The lowest BCUT2D eigenvalue weighted by atomic mass is 10.1. The van der Waals surface area contributed by atoms with Gasteiger partial charge in [-0.15, -0.1) is 5.10 Å². The molecule has 6 heteroatoms. The third-order valence-electron chi connectivity index (χ3n) is 2.70. The second-order valence-corrected chi connectivity index (χ2v) is 4.25. The zero-order valence-corrected chi connectivity index (χ0v) is 11.2. The summed E-state index contributed by atoms with van der Waals surface area (Å²) in [7, 11) is 3.38. The molecule has 0 amide bonds. The normalized spacial score (nSPS) is 12.2. The molecule has 1 aromatic heterocycles. The summed E-state index contributed by atoms with van der Waals surface area (Å²) in [6.45, 7) is 1.98. The molecule has 0 bridgehead atoms. The molecule has 2 rings (SSSR count). The molecule has 0 saturated carbocycles. The Morgan fingerprint density at radius 2 is 2.21 bits per heavy atom. The maximum absolute atomic E-state index is 9.72. The summed E-state index contributed by atoms with van der Waals surface area (Å²) in [4.78, 5) is 0. The van der Waals surface area contributed by atoms with Crippen LogP contribution in [0.1, 0.15) is 24.3 Å². The molecule has 0 fully saturated rings. The van der Waals surface area contributed by atoms with Gasteiger partial charge in [-0.1, -0.05) is 5.21 Å². The number of aromatic nitrogens is 3. The standard InChI is InChI=1S/C13H17N3O3/c1-9(17)12-5-4-11(18-3)6-13(12)19-8-10-7-16(2)15-14-10/h4-7,9,17H,8H2,1-3H3. The van der Waals surface area contributed by atoms with E-state index in [1.54, 1.807) is 50.2 Å². The van der Waals surface area contributed by atoms with Crippen LogP contribution in [0, 0.1) is 0 Å². The highest BCUT2D eigenvalue weighted by Gasteiger charge is 2.11. The molecule has 19 heavy (non-hydrogen) atoms. The molecular formula is C13H17N3O3. The van der Waals surface area contributed by atoms with Crippen LogP contribution >= 0.6 is 0 Å². The Morgan fingerprint density at radius 1 is 1.42 bits per heavy atom. The highest BCUT2D eigenvalue weighted by atomic mass is 16.5. The Bertz CT molecular complexity index is 552. The van der Waals surface area contributed by atoms with Crippen LogP contribution in [0.3, 0.4) is 0 Å². The van der Waals surface area contributed by atoms with E-state index in [2.05, 4.69) is 10.3 Å². The fourth-order valence-electron chi connectivity index (χ4n) is 1.72. The van der Waals surface area contributed by atoms with E-state index in [1.807, 2.05) is 0 Å². The molecule has 1 unspecified atom stereocenters. The van der Waals surface area contributed by atoms with Gasteiger partial charge in [-0.2, -0.15) is 0 Å². The highest BCUT2D eigenvalue weighted by Crippen LogP contribution is 2.29. The van der Waals surface area contributed by atoms with E-state index < -0.39 is 6.10 Å². The number of aliphatic hydroxyl groups excluding tert-OH is 1. The molecule has 102 valence electrons. The molecular weight excluding hydrogens is 246 g/mol. The number of nitrogens with zero attached hydrogens (tertiary/aromatic N) is 3. The maximum atomic E-state index is 9.72. The van der Waals surface area contributed by atoms with Gasteiger partial charge in [-0.25, -0.2) is 0 Å². The third kappa shape index (κ3) is 3.23. The lowest BCUT2D eigenvalue weighted by Gasteiger charge is -2.14. The van der Waals surface area contributed by atoms with Gasteiger partial charge in [0.15, 0.2) is 0 Å². The summed E-state index contributed by atoms with van der Waals surface area (Å²) in [5.41, 5.74) is 1.44. The Morgan fingerprint density at radius 3 is 2.79 bits per heavy atom. The van der Waals surface area contributed by atoms with Crippen LogP contribution in [0.5, 0.6) is 11.5 Å². The molecule has 0 saturated heterocycles. The summed E-state index contributed by atoms with van der Waals surface area (Å²) in [5, 5.41) is 17.5. The number of benzene rings is 1. The van der Waals surface area contributed by atoms with Gasteiger partial charge in [0.05, 0.1) is 19.4 Å². The number of methoxy groups -OCH3 is 1. The van der Waals surface area contributed by atoms with Crippen molar-refractivity contribution in [2.45, 2.75) is 19.6 Å². The minimum absolute atomic E-state index is 0.292. The Balaban J connectivity index is 2.17. The van der Waals surface area contributed by atoms with E-state index in [0.29, 0.717) is 23.7 Å². The van der Waals surface area contributed by atoms with Gasteiger partial charge in [-0.05, 0) is 19.1 Å². The SMILES string of the molecule is COc1ccc(C(C)O)c(OCc2cn(C)nn2)c1. The topological polar surface area (TPSA) is 69.4 Å². The van der Waals surface area contributed by atoms with Gasteiger partial charge < -0.3 is 14.6 Å². The molecule has 1 atom stereocenters. The first-order valence-electron chi connectivity index (χ1n) is 5.94. The average molecular weight is 263 g/mol. The molecule has 1 aromatic carbocycles. The van der Waals surface area contributed by atoms with Crippen LogP contribution in [0.15, 0.2) is 24.4 Å². The summed E-state index contributed by atoms with van der Waals surface area (Å²) < 4.78 is 12.4. The number of hydrogen-bond donors (Lipinski definition) is 1. The number of ether oxygens (including phenoxy) is 2. The minimum atomic E-state index is -0.609. The average Bonchev–Trinajstić information content (AvgIpc) is 2.81. The van der Waals surface area contributed by atoms with Gasteiger partial charge in [0.25, 0.3) is 0 Å². The van der Waals surface area contributed by atoms with Crippen LogP contribution in [-0.4, -0.2) is 27.2 Å². The van der Waals surface area contributed by atoms with E-state index in [0.717, 1.165) is 5.69 Å². The zero-order valence-electron chi connectivity index (χ0n) is 11.2. The van der Waals surface area contributed by atoms with Gasteiger partial charge in [0.2, 0.25) is 0 Å². The second-order valence-electron chi connectivity index (χ2n) is 4.25. The molecule has 0 aliphatic carbocycles. The maximum Gasteiger partial charge on any atom is 0.134 e. The highest BCUT2D eigenvalue weighted by molar-refractivity contribution is 5.41. The van der Waals surface area contributed by atoms with Crippen molar-refractivity contribution in [1.82, 2.24) is 15.0 Å². The first-order valence-corrected chi connectivity index (χ1v) is 5.94. The van der Waals surface area contributed by atoms with Crippen molar-refractivity contribution >= 4 is 0 Å². The van der Waals surface area contributed by atoms with Crippen molar-refractivity contribution in [3.05, 3.63) is 35.7 Å². The van der Waals surface area contributed by atoms with Crippen molar-refractivity contribution in [2.24, 2.45) is 7.05 Å². The summed E-state index contributed by atoms with van der Waals surface area (Å²) in [6, 6.07) is 5.32. The van der Waals surface area contributed by atoms with Crippen molar-refractivity contribution in [3.63, 3.8) is 0 Å². The first-order chi connectivity index (χ1) is 9.10. The predicted octanol–water partition coefficient (Wildman–Crippen LogP) is 1.46. The van der Waals surface area contributed by atoms with E-state index >= 15 is 0 Å². The summed E-state index contributed by atoms with van der Waals surface area (Å²) in [6.07, 6.45) is 1.17. The quantitative estimate of drug-likeness (QED) is 0.884. The van der Waals surface area contributed by atoms with Crippen LogP contribution in [-0.2, 0) is 13.7 Å². The Hall–Kier alpha value is -2.08. The molecule has 0 spiro atoms. The van der Waals surface area contributed by atoms with Gasteiger partial charge >= 0.3 is 0 Å². The second kappa shape index (κ2) is 5.71. The van der Waals surface area contributed by atoms with Crippen LogP contribution in [0.25, 0.3) is 0 Å². The number of aryl methyl sites for hydroxylation is 1. The zero-order chi connectivity index (χ0) is 13.8. The number of rotatable bonds is 5. The molecule has 0 aliphatic rings. The van der Waals surface area contributed by atoms with Gasteiger partial charge in [0, 0.05) is 18.7 Å². The number of hydrogen-bond acceptors (Lipinski definition) is 5. The minimum Gasteiger partial charge on any atom is -0.497 e. The van der Waals surface area contributed by atoms with Crippen molar-refractivity contribution < 1.29 is 14.6 Å². The summed E-state index contributed by atoms with van der Waals surface area (Å²) >= 11 is 0. The summed E-state index contributed by atoms with van der Waals surface area (Å²) in [5.74, 6) is 1.26. The fraction of sp³-hybridized carbons (Fsp3) is 0.385. The van der Waals surface area contributed by atoms with E-state index in [1.165, 1.54) is 0 Å². The van der Waals surface area contributed by atoms with Crippen molar-refractivity contribution in [1.29, 1.82) is 0 Å². The van der Waals surface area contributed by atoms with Crippen LogP contribution < -0.4 is 9.47 Å². The van der Waals surface area contributed by atoms with Gasteiger partial charge in [-0.3, -0.25) is 4.68 Å². The number of aliphatic hydroxyl groups is 1. The van der Waals surface area contributed by atoms with E-state index in [9.17, 15) is 5.11 Å². The molecule has 2 aromatic rings. The smallest absolute Gasteiger partial charge is 0.134 e. The third-order valence-corrected chi connectivity index (χ3v) is 2.70. The monoisotopic (exact) mass is 263 g/mol. The molecule has 6 nitrogen and oxygen atoms in total. The van der Waals surface area contributed by atoms with Gasteiger partial charge in [0.1, 0.15) is 23.8 Å². The van der Waals surface area contributed by atoms with Crippen LogP contribution in [0.4, 0.5) is 0 Å². The lowest BCUT2D eigenvalue weighted by Crippen LogP contribution is -2.02. The predicted molar refractivity (Wildman–Crippen MR) is 69.0 cm³/mol. The Labute approximate surface area is 111 Å². The molecule has 1 N–H and O–H groups in total. The molecule has 0 aliphatic heterocycles. The molecule has 1 heterocycles. The van der Waals surface area contributed by atoms with E-state index in [-0.39, 0.29) is 0 Å². The Kier molecular flexibility index (Phi) is 4.01. The molecule has 0 radical (unpaired) electrons. The van der Waals surface area contributed by atoms with Crippen LogP contribution in [0.2, 0.25) is 0 Å². The lowest BCUT2D eigenvalue weighted by molar-refractivity contribution is 0.189. The largest absolute Gasteiger partial charge is 0.497 e. The fourth-order valence-corrected chi connectivity index (χ4v) is 1.72. The first kappa shape index (κ1) is 13.4.